The summed E-state index contributed by atoms with van der Waals surface area (Å²) in [5, 5.41) is 0.591. The van der Waals surface area contributed by atoms with Crippen molar-refractivity contribution in [2.45, 2.75) is 6.54 Å². The molecule has 0 spiro atoms. The summed E-state index contributed by atoms with van der Waals surface area (Å²) in [6.45, 7) is 3.47. The van der Waals surface area contributed by atoms with E-state index in [1.54, 1.807) is 45.6 Å². The average Bonchev–Trinajstić information content (AvgIpc) is 2.83. The fourth-order valence-corrected chi connectivity index (χ4v) is 4.35. The molecular weight excluding hydrogens is 432 g/mol. The number of halogens is 1. The predicted molar refractivity (Wildman–Crippen MR) is 125 cm³/mol. The van der Waals surface area contributed by atoms with Crippen LogP contribution in [0.15, 0.2) is 46.0 Å². The van der Waals surface area contributed by atoms with Crippen molar-refractivity contribution in [2.75, 3.05) is 52.4 Å². The van der Waals surface area contributed by atoms with Crippen molar-refractivity contribution in [3.8, 4) is 28.4 Å². The second kappa shape index (κ2) is 9.22. The Hall–Kier alpha value is -3.03. The molecule has 0 radical (unpaired) electrons. The molecule has 0 bridgehead atoms. The van der Waals surface area contributed by atoms with Crippen LogP contribution in [0.1, 0.15) is 5.56 Å². The summed E-state index contributed by atoms with van der Waals surface area (Å²) in [6.07, 6.45) is 0. The Morgan fingerprint density at radius 2 is 1.47 bits per heavy atom. The Morgan fingerprint density at radius 3 is 2.06 bits per heavy atom. The molecule has 0 saturated carbocycles. The van der Waals surface area contributed by atoms with E-state index in [0.29, 0.717) is 53.2 Å². The summed E-state index contributed by atoms with van der Waals surface area (Å²) in [5.74, 6) is 1.84. The first kappa shape index (κ1) is 22.2. The van der Waals surface area contributed by atoms with Gasteiger partial charge in [0.2, 0.25) is 16.6 Å². The van der Waals surface area contributed by atoms with Gasteiger partial charge < -0.3 is 19.1 Å². The van der Waals surface area contributed by atoms with Crippen molar-refractivity contribution >= 4 is 17.3 Å². The normalized spacial score (nSPS) is 14.6. The van der Waals surface area contributed by atoms with Gasteiger partial charge in [0.05, 0.1) is 26.9 Å². The number of anilines is 1. The highest BCUT2D eigenvalue weighted by Crippen LogP contribution is 2.40. The van der Waals surface area contributed by atoms with Gasteiger partial charge in [0.15, 0.2) is 11.5 Å². The predicted octanol–water partition coefficient (Wildman–Crippen LogP) is 2.95. The molecule has 0 amide bonds. The third-order valence-corrected chi connectivity index (χ3v) is 6.14. The van der Waals surface area contributed by atoms with Crippen molar-refractivity contribution in [3.05, 3.63) is 67.4 Å². The van der Waals surface area contributed by atoms with E-state index in [9.17, 15) is 9.59 Å². The smallest absolute Gasteiger partial charge is 0.250 e. The number of piperazine rings is 1. The number of hydrogen-bond acceptors (Lipinski definition) is 7. The third-order valence-electron chi connectivity index (χ3n) is 5.89. The molecule has 0 atom stereocenters. The van der Waals surface area contributed by atoms with Crippen LogP contribution in [-0.4, -0.2) is 52.4 Å². The first-order valence-corrected chi connectivity index (χ1v) is 10.7. The summed E-state index contributed by atoms with van der Waals surface area (Å²) in [4.78, 5) is 28.9. The molecule has 8 heteroatoms. The van der Waals surface area contributed by atoms with E-state index in [1.165, 1.54) is 0 Å². The first-order valence-electron chi connectivity index (χ1n) is 10.3. The van der Waals surface area contributed by atoms with E-state index in [4.69, 9.17) is 25.8 Å². The lowest BCUT2D eigenvalue weighted by atomic mass is 9.97. The molecule has 0 unspecified atom stereocenters. The first-order chi connectivity index (χ1) is 15.5. The van der Waals surface area contributed by atoms with E-state index in [0.717, 1.165) is 24.2 Å². The molecule has 168 valence electrons. The molecule has 0 aromatic heterocycles. The van der Waals surface area contributed by atoms with Crippen LogP contribution in [0.2, 0.25) is 5.02 Å². The third kappa shape index (κ3) is 3.94. The van der Waals surface area contributed by atoms with Crippen LogP contribution in [0.5, 0.6) is 17.2 Å². The number of ether oxygens (including phenoxy) is 3. The zero-order valence-electron chi connectivity index (χ0n) is 18.3. The Balaban J connectivity index is 1.49. The Bertz CT molecular complexity index is 1180. The van der Waals surface area contributed by atoms with Crippen molar-refractivity contribution < 1.29 is 14.2 Å². The van der Waals surface area contributed by atoms with Crippen molar-refractivity contribution in [2.24, 2.45) is 0 Å². The van der Waals surface area contributed by atoms with Gasteiger partial charge in [-0.3, -0.25) is 14.5 Å². The molecule has 1 saturated heterocycles. The van der Waals surface area contributed by atoms with Gasteiger partial charge in [0.25, 0.3) is 0 Å². The van der Waals surface area contributed by atoms with E-state index in [2.05, 4.69) is 4.90 Å². The second-order valence-electron chi connectivity index (χ2n) is 7.65. The van der Waals surface area contributed by atoms with Crippen LogP contribution in [0.4, 0.5) is 5.69 Å². The van der Waals surface area contributed by atoms with Crippen LogP contribution in [0.25, 0.3) is 11.1 Å². The van der Waals surface area contributed by atoms with Crippen LogP contribution < -0.4 is 30.0 Å². The minimum atomic E-state index is -0.431. The molecule has 1 aliphatic heterocycles. The van der Waals surface area contributed by atoms with Gasteiger partial charge >= 0.3 is 0 Å². The van der Waals surface area contributed by atoms with Crippen LogP contribution in [0, 0.1) is 0 Å². The second-order valence-corrected chi connectivity index (χ2v) is 8.08. The fraction of sp³-hybridized carbons (Fsp3) is 0.333. The number of rotatable bonds is 7. The summed E-state index contributed by atoms with van der Waals surface area (Å²) >= 11 is 5.96. The fourth-order valence-electron chi connectivity index (χ4n) is 4.22. The maximum atomic E-state index is 12.4. The average molecular weight is 457 g/mol. The number of nitrogens with zero attached hydrogens (tertiary/aromatic N) is 2. The van der Waals surface area contributed by atoms with Crippen molar-refractivity contribution in [3.63, 3.8) is 0 Å². The van der Waals surface area contributed by atoms with E-state index in [1.807, 2.05) is 17.0 Å². The highest BCUT2D eigenvalue weighted by molar-refractivity contribution is 6.30. The van der Waals surface area contributed by atoms with Gasteiger partial charge in [-0.05, 0) is 23.8 Å². The molecule has 1 heterocycles. The van der Waals surface area contributed by atoms with E-state index >= 15 is 0 Å². The van der Waals surface area contributed by atoms with Gasteiger partial charge in [-0.15, -0.1) is 0 Å². The molecule has 3 aromatic carbocycles. The molecule has 1 fully saturated rings. The number of benzene rings is 2. The summed E-state index contributed by atoms with van der Waals surface area (Å²) in [6, 6.07) is 10.9. The molecule has 7 nitrogen and oxygen atoms in total. The largest absolute Gasteiger partial charge is 0.493 e. The monoisotopic (exact) mass is 456 g/mol. The maximum Gasteiger partial charge on any atom is 0.250 e. The Labute approximate surface area is 191 Å². The summed E-state index contributed by atoms with van der Waals surface area (Å²) < 4.78 is 16.4. The van der Waals surface area contributed by atoms with Gasteiger partial charge in [0, 0.05) is 43.3 Å². The standard InChI is InChI=1S/C24H25ClN2O5/c1-30-18-9-6-16(23(31-2)24(18)32-3)14-26-10-12-27(13-11-26)20-19(21(28)22(20)29)15-4-7-17(25)8-5-15/h4-9H,10-14H2,1-3H3. The van der Waals surface area contributed by atoms with Crippen LogP contribution >= 0.6 is 11.6 Å². The summed E-state index contributed by atoms with van der Waals surface area (Å²) in [5.41, 5.74) is 1.88. The van der Waals surface area contributed by atoms with Gasteiger partial charge in [-0.25, -0.2) is 0 Å². The zero-order valence-corrected chi connectivity index (χ0v) is 19.1. The maximum absolute atomic E-state index is 12.4. The highest BCUT2D eigenvalue weighted by atomic mass is 35.5. The molecule has 1 aliphatic rings. The number of methoxy groups -OCH3 is 3. The number of hydrogen-bond donors (Lipinski definition) is 0. The minimum absolute atomic E-state index is 0.412. The van der Waals surface area contributed by atoms with Crippen molar-refractivity contribution in [1.29, 1.82) is 0 Å². The summed E-state index contributed by atoms with van der Waals surface area (Å²) in [7, 11) is 4.80. The van der Waals surface area contributed by atoms with E-state index in [-0.39, 0.29) is 0 Å². The molecule has 4 rings (SSSR count). The Morgan fingerprint density at radius 1 is 0.812 bits per heavy atom. The lowest BCUT2D eigenvalue weighted by Gasteiger charge is -2.37. The quantitative estimate of drug-likeness (QED) is 0.506. The lowest BCUT2D eigenvalue weighted by molar-refractivity contribution is 0.243. The minimum Gasteiger partial charge on any atom is -0.493 e. The van der Waals surface area contributed by atoms with Gasteiger partial charge in [-0.1, -0.05) is 29.8 Å². The van der Waals surface area contributed by atoms with Gasteiger partial charge in [-0.2, -0.15) is 0 Å². The van der Waals surface area contributed by atoms with Gasteiger partial charge in [0.1, 0.15) is 5.69 Å². The Kier molecular flexibility index (Phi) is 6.39. The van der Waals surface area contributed by atoms with Crippen LogP contribution in [-0.2, 0) is 6.54 Å². The molecule has 0 N–H and O–H groups in total. The molecule has 3 aromatic rings. The molecular formula is C24H25ClN2O5. The lowest BCUT2D eigenvalue weighted by Crippen LogP contribution is -2.51. The zero-order chi connectivity index (χ0) is 22.8. The highest BCUT2D eigenvalue weighted by Gasteiger charge is 2.29. The van der Waals surface area contributed by atoms with E-state index < -0.39 is 10.9 Å². The SMILES string of the molecule is COc1ccc(CN2CCN(c3c(-c4ccc(Cl)cc4)c(=O)c3=O)CC2)c(OC)c1OC. The van der Waals surface area contributed by atoms with Crippen LogP contribution in [0.3, 0.4) is 0 Å². The molecule has 0 aliphatic carbocycles. The molecule has 32 heavy (non-hydrogen) atoms. The topological polar surface area (TPSA) is 68.3 Å². The van der Waals surface area contributed by atoms with Crippen molar-refractivity contribution in [1.82, 2.24) is 4.90 Å².